The van der Waals surface area contributed by atoms with Crippen LogP contribution in [0.4, 0.5) is 0 Å². The maximum atomic E-state index is 11.4. The first-order valence-corrected chi connectivity index (χ1v) is 7.02. The molecule has 2 nitrogen and oxygen atoms in total. The lowest BCUT2D eigenvalue weighted by Crippen LogP contribution is -2.21. The van der Waals surface area contributed by atoms with E-state index in [2.05, 4.69) is 0 Å². The first kappa shape index (κ1) is 13.1. The number of carboxylic acids is 1. The number of rotatable bonds is 5. The van der Waals surface area contributed by atoms with E-state index in [0.29, 0.717) is 12.3 Å². The van der Waals surface area contributed by atoms with Crippen LogP contribution >= 0.6 is 0 Å². The van der Waals surface area contributed by atoms with E-state index < -0.39 is 5.97 Å². The molecular formula is C16H22O2. The van der Waals surface area contributed by atoms with Gasteiger partial charge in [-0.2, -0.15) is 0 Å². The van der Waals surface area contributed by atoms with Gasteiger partial charge in [0.25, 0.3) is 0 Å². The second kappa shape index (κ2) is 6.58. The maximum Gasteiger partial charge on any atom is 0.306 e. The number of hydrogen-bond acceptors (Lipinski definition) is 1. The highest BCUT2D eigenvalue weighted by Gasteiger charge is 2.24. The lowest BCUT2D eigenvalue weighted by molar-refractivity contribution is -0.142. The van der Waals surface area contributed by atoms with Crippen LogP contribution < -0.4 is 0 Å². The Morgan fingerprint density at radius 2 is 1.83 bits per heavy atom. The topological polar surface area (TPSA) is 37.3 Å². The summed E-state index contributed by atoms with van der Waals surface area (Å²) in [5.74, 6) is -0.219. The maximum absolute atomic E-state index is 11.4. The van der Waals surface area contributed by atoms with E-state index in [-0.39, 0.29) is 5.92 Å². The van der Waals surface area contributed by atoms with Crippen LogP contribution in [0.1, 0.15) is 44.1 Å². The Hall–Kier alpha value is -1.31. The molecule has 98 valence electrons. The Bertz CT molecular complexity index is 366. The Morgan fingerprint density at radius 1 is 1.17 bits per heavy atom. The quantitative estimate of drug-likeness (QED) is 0.855. The molecule has 18 heavy (non-hydrogen) atoms. The van der Waals surface area contributed by atoms with Crippen molar-refractivity contribution in [2.24, 2.45) is 11.8 Å². The normalized spacial score (nSPS) is 18.4. The number of benzene rings is 1. The van der Waals surface area contributed by atoms with Crippen LogP contribution in [0.25, 0.3) is 0 Å². The van der Waals surface area contributed by atoms with Crippen molar-refractivity contribution in [3.05, 3.63) is 35.9 Å². The molecule has 2 heteroatoms. The first-order chi connectivity index (χ1) is 8.75. The van der Waals surface area contributed by atoms with Crippen molar-refractivity contribution in [1.29, 1.82) is 0 Å². The van der Waals surface area contributed by atoms with Crippen LogP contribution in [0.5, 0.6) is 0 Å². The molecule has 0 amide bonds. The van der Waals surface area contributed by atoms with Gasteiger partial charge in [0.05, 0.1) is 5.92 Å². The van der Waals surface area contributed by atoms with Gasteiger partial charge in [0.1, 0.15) is 0 Å². The molecule has 0 spiro atoms. The van der Waals surface area contributed by atoms with Gasteiger partial charge in [0, 0.05) is 0 Å². The van der Waals surface area contributed by atoms with Crippen molar-refractivity contribution < 1.29 is 9.90 Å². The predicted octanol–water partition coefficient (Wildman–Crippen LogP) is 3.90. The van der Waals surface area contributed by atoms with Gasteiger partial charge in [-0.1, -0.05) is 62.4 Å². The summed E-state index contributed by atoms with van der Waals surface area (Å²) in [6.45, 7) is 0. The van der Waals surface area contributed by atoms with Crippen LogP contribution in [0.15, 0.2) is 30.3 Å². The summed E-state index contributed by atoms with van der Waals surface area (Å²) in [6, 6.07) is 9.98. The smallest absolute Gasteiger partial charge is 0.306 e. The van der Waals surface area contributed by atoms with E-state index in [0.717, 1.165) is 12.0 Å². The molecule has 0 bridgehead atoms. The number of carboxylic acid groups (broad SMARTS) is 1. The summed E-state index contributed by atoms with van der Waals surface area (Å²) >= 11 is 0. The highest BCUT2D eigenvalue weighted by molar-refractivity contribution is 5.70. The molecule has 1 aromatic rings. The van der Waals surface area contributed by atoms with Gasteiger partial charge in [0.15, 0.2) is 0 Å². The number of carbonyl (C=O) groups is 1. The third-order valence-electron chi connectivity index (χ3n) is 4.02. The number of hydrogen-bond donors (Lipinski definition) is 1. The Balaban J connectivity index is 1.93. The van der Waals surface area contributed by atoms with Gasteiger partial charge >= 0.3 is 5.97 Å². The summed E-state index contributed by atoms with van der Waals surface area (Å²) in [5, 5.41) is 9.37. The molecule has 1 atom stereocenters. The van der Waals surface area contributed by atoms with Crippen molar-refractivity contribution in [2.75, 3.05) is 0 Å². The second-order valence-corrected chi connectivity index (χ2v) is 5.46. The zero-order valence-corrected chi connectivity index (χ0v) is 10.8. The molecule has 0 unspecified atom stereocenters. The average molecular weight is 246 g/mol. The Kier molecular flexibility index (Phi) is 4.80. The largest absolute Gasteiger partial charge is 0.481 e. The Labute approximate surface area is 109 Å². The zero-order valence-electron chi connectivity index (χ0n) is 10.8. The van der Waals surface area contributed by atoms with Crippen LogP contribution in [-0.2, 0) is 11.2 Å². The molecule has 0 saturated heterocycles. The fourth-order valence-electron chi connectivity index (χ4n) is 3.00. The molecular weight excluding hydrogens is 224 g/mol. The predicted molar refractivity (Wildman–Crippen MR) is 72.5 cm³/mol. The van der Waals surface area contributed by atoms with E-state index in [1.807, 2.05) is 30.3 Å². The van der Waals surface area contributed by atoms with Crippen LogP contribution in [0.2, 0.25) is 0 Å². The van der Waals surface area contributed by atoms with Gasteiger partial charge < -0.3 is 5.11 Å². The lowest BCUT2D eigenvalue weighted by Gasteiger charge is -2.24. The fraction of sp³-hybridized carbons (Fsp3) is 0.562. The molecule has 0 aliphatic heterocycles. The standard InChI is InChI=1S/C16H22O2/c17-16(18)15(11-13-7-3-1-4-8-13)12-14-9-5-2-6-10-14/h1,3-4,7-8,14-15H,2,5-6,9-12H2,(H,17,18)/t15-/m1/s1. The average Bonchev–Trinajstić information content (AvgIpc) is 2.40. The third kappa shape index (κ3) is 3.86. The summed E-state index contributed by atoms with van der Waals surface area (Å²) in [5.41, 5.74) is 1.14. The van der Waals surface area contributed by atoms with Gasteiger partial charge in [-0.25, -0.2) is 0 Å². The molecule has 1 aromatic carbocycles. The van der Waals surface area contributed by atoms with Gasteiger partial charge in [-0.05, 0) is 24.3 Å². The minimum Gasteiger partial charge on any atom is -0.481 e. The van der Waals surface area contributed by atoms with Crippen molar-refractivity contribution in [3.63, 3.8) is 0 Å². The molecule has 0 radical (unpaired) electrons. The van der Waals surface area contributed by atoms with E-state index in [1.165, 1.54) is 32.1 Å². The van der Waals surface area contributed by atoms with E-state index >= 15 is 0 Å². The minimum atomic E-state index is -0.635. The minimum absolute atomic E-state index is 0.213. The van der Waals surface area contributed by atoms with Crippen molar-refractivity contribution in [1.82, 2.24) is 0 Å². The first-order valence-electron chi connectivity index (χ1n) is 7.02. The summed E-state index contributed by atoms with van der Waals surface area (Å²) < 4.78 is 0. The van der Waals surface area contributed by atoms with E-state index in [1.54, 1.807) is 0 Å². The van der Waals surface area contributed by atoms with Crippen molar-refractivity contribution >= 4 is 5.97 Å². The fourth-order valence-corrected chi connectivity index (χ4v) is 3.00. The second-order valence-electron chi connectivity index (χ2n) is 5.46. The van der Waals surface area contributed by atoms with Crippen molar-refractivity contribution in [2.45, 2.75) is 44.9 Å². The van der Waals surface area contributed by atoms with Gasteiger partial charge in [0.2, 0.25) is 0 Å². The van der Waals surface area contributed by atoms with Gasteiger partial charge in [-0.15, -0.1) is 0 Å². The zero-order chi connectivity index (χ0) is 12.8. The van der Waals surface area contributed by atoms with Crippen LogP contribution in [0.3, 0.4) is 0 Å². The third-order valence-corrected chi connectivity index (χ3v) is 4.02. The molecule has 1 aliphatic rings. The summed E-state index contributed by atoms with van der Waals surface area (Å²) in [6.07, 6.45) is 7.85. The summed E-state index contributed by atoms with van der Waals surface area (Å²) in [7, 11) is 0. The molecule has 0 heterocycles. The van der Waals surface area contributed by atoms with Crippen LogP contribution in [0, 0.1) is 11.8 Å². The number of aliphatic carboxylic acids is 1. The molecule has 1 fully saturated rings. The molecule has 2 rings (SSSR count). The highest BCUT2D eigenvalue weighted by atomic mass is 16.4. The Morgan fingerprint density at radius 3 is 2.44 bits per heavy atom. The lowest BCUT2D eigenvalue weighted by atomic mass is 9.81. The van der Waals surface area contributed by atoms with E-state index in [9.17, 15) is 9.90 Å². The molecule has 0 aromatic heterocycles. The van der Waals surface area contributed by atoms with Crippen LogP contribution in [-0.4, -0.2) is 11.1 Å². The molecule has 1 N–H and O–H groups in total. The molecule has 1 saturated carbocycles. The summed E-state index contributed by atoms with van der Waals surface area (Å²) in [4.78, 5) is 11.4. The molecule has 1 aliphatic carbocycles. The SMILES string of the molecule is O=C(O)[C@H](Cc1ccccc1)CC1CCCCC1. The monoisotopic (exact) mass is 246 g/mol. The van der Waals surface area contributed by atoms with Gasteiger partial charge in [-0.3, -0.25) is 4.79 Å². The highest BCUT2D eigenvalue weighted by Crippen LogP contribution is 2.30. The van der Waals surface area contributed by atoms with Crippen molar-refractivity contribution in [3.8, 4) is 0 Å². The van der Waals surface area contributed by atoms with E-state index in [4.69, 9.17) is 0 Å².